The first-order chi connectivity index (χ1) is 8.02. The van der Waals surface area contributed by atoms with Gasteiger partial charge < -0.3 is 10.6 Å². The van der Waals surface area contributed by atoms with Gasteiger partial charge in [-0.25, -0.2) is 0 Å². The summed E-state index contributed by atoms with van der Waals surface area (Å²) in [4.78, 5) is 2.48. The van der Waals surface area contributed by atoms with Crippen LogP contribution in [0.2, 0.25) is 0 Å². The lowest BCUT2D eigenvalue weighted by molar-refractivity contribution is 0.589. The molecule has 0 radical (unpaired) electrons. The van der Waals surface area contributed by atoms with Crippen LogP contribution in [0, 0.1) is 0 Å². The second-order valence-electron chi connectivity index (χ2n) is 5.99. The van der Waals surface area contributed by atoms with Gasteiger partial charge in [0.25, 0.3) is 0 Å². The lowest BCUT2D eigenvalue weighted by Gasteiger charge is -2.26. The summed E-state index contributed by atoms with van der Waals surface area (Å²) in [6.45, 7) is 9.78. The third kappa shape index (κ3) is 2.63. The largest absolute Gasteiger partial charge is 0.371 e. The standard InChI is InChI=1S/C15H24N2/c1-15(2,3)13-7-6-12(11-16)14(10-13)17-8-4-5-9-17/h6-7,10H,4-5,8-9,11,16H2,1-3H3. The normalized spacial score (nSPS) is 16.6. The molecule has 2 nitrogen and oxygen atoms in total. The van der Waals surface area contributed by atoms with Crippen LogP contribution < -0.4 is 10.6 Å². The minimum atomic E-state index is 0.210. The van der Waals surface area contributed by atoms with Crippen LogP contribution >= 0.6 is 0 Å². The highest BCUT2D eigenvalue weighted by Gasteiger charge is 2.19. The maximum atomic E-state index is 5.85. The zero-order valence-corrected chi connectivity index (χ0v) is 11.3. The number of anilines is 1. The van der Waals surface area contributed by atoms with Crippen molar-refractivity contribution in [2.24, 2.45) is 5.73 Å². The van der Waals surface area contributed by atoms with Gasteiger partial charge in [0.15, 0.2) is 0 Å². The lowest BCUT2D eigenvalue weighted by Crippen LogP contribution is -2.21. The highest BCUT2D eigenvalue weighted by atomic mass is 15.1. The molecule has 2 heteroatoms. The fourth-order valence-corrected chi connectivity index (χ4v) is 2.46. The molecule has 1 heterocycles. The van der Waals surface area contributed by atoms with Gasteiger partial charge >= 0.3 is 0 Å². The molecule has 0 spiro atoms. The van der Waals surface area contributed by atoms with E-state index in [2.05, 4.69) is 43.9 Å². The summed E-state index contributed by atoms with van der Waals surface area (Å²) in [6.07, 6.45) is 2.62. The Labute approximate surface area is 105 Å². The number of nitrogens with two attached hydrogens (primary N) is 1. The van der Waals surface area contributed by atoms with E-state index in [0.29, 0.717) is 6.54 Å². The van der Waals surface area contributed by atoms with Crippen LogP contribution in [0.3, 0.4) is 0 Å². The van der Waals surface area contributed by atoms with Gasteiger partial charge in [0, 0.05) is 25.3 Å². The molecule has 17 heavy (non-hydrogen) atoms. The van der Waals surface area contributed by atoms with Crippen molar-refractivity contribution in [1.29, 1.82) is 0 Å². The fraction of sp³-hybridized carbons (Fsp3) is 0.600. The molecule has 0 aromatic heterocycles. The van der Waals surface area contributed by atoms with Crippen molar-refractivity contribution in [3.8, 4) is 0 Å². The molecule has 0 saturated carbocycles. The van der Waals surface area contributed by atoms with Crippen molar-refractivity contribution in [3.63, 3.8) is 0 Å². The Morgan fingerprint density at radius 3 is 2.35 bits per heavy atom. The Morgan fingerprint density at radius 1 is 1.18 bits per heavy atom. The Bertz CT molecular complexity index is 384. The predicted octanol–water partition coefficient (Wildman–Crippen LogP) is 3.04. The highest BCUT2D eigenvalue weighted by Crippen LogP contribution is 2.30. The molecule has 0 amide bonds. The van der Waals surface area contributed by atoms with Gasteiger partial charge in [0.2, 0.25) is 0 Å². The number of benzene rings is 1. The molecule has 0 atom stereocenters. The van der Waals surface area contributed by atoms with Gasteiger partial charge in [0.1, 0.15) is 0 Å². The van der Waals surface area contributed by atoms with E-state index in [1.807, 2.05) is 0 Å². The van der Waals surface area contributed by atoms with Crippen LogP contribution in [-0.2, 0) is 12.0 Å². The minimum absolute atomic E-state index is 0.210. The zero-order valence-electron chi connectivity index (χ0n) is 11.3. The number of nitrogens with zero attached hydrogens (tertiary/aromatic N) is 1. The second-order valence-corrected chi connectivity index (χ2v) is 5.99. The van der Waals surface area contributed by atoms with Gasteiger partial charge in [0.05, 0.1) is 0 Å². The highest BCUT2D eigenvalue weighted by molar-refractivity contribution is 5.57. The van der Waals surface area contributed by atoms with E-state index in [4.69, 9.17) is 5.73 Å². The molecule has 1 aromatic rings. The molecule has 0 bridgehead atoms. The van der Waals surface area contributed by atoms with Crippen LogP contribution in [0.4, 0.5) is 5.69 Å². The molecule has 1 fully saturated rings. The van der Waals surface area contributed by atoms with Gasteiger partial charge in [-0.15, -0.1) is 0 Å². The zero-order chi connectivity index (χ0) is 12.5. The van der Waals surface area contributed by atoms with Crippen LogP contribution in [0.25, 0.3) is 0 Å². The molecule has 0 unspecified atom stereocenters. The SMILES string of the molecule is CC(C)(C)c1ccc(CN)c(N2CCCC2)c1. The first-order valence-electron chi connectivity index (χ1n) is 6.61. The van der Waals surface area contributed by atoms with Crippen LogP contribution in [0.1, 0.15) is 44.7 Å². The molecule has 2 N–H and O–H groups in total. The summed E-state index contributed by atoms with van der Waals surface area (Å²) in [5.74, 6) is 0. The third-order valence-electron chi connectivity index (χ3n) is 3.62. The first kappa shape index (κ1) is 12.4. The second kappa shape index (κ2) is 4.69. The van der Waals surface area contributed by atoms with Gasteiger partial charge in [-0.3, -0.25) is 0 Å². The molecular weight excluding hydrogens is 208 g/mol. The summed E-state index contributed by atoms with van der Waals surface area (Å²) in [5, 5.41) is 0. The molecular formula is C15H24N2. The summed E-state index contributed by atoms with van der Waals surface area (Å²) in [5.41, 5.74) is 10.1. The Balaban J connectivity index is 2.39. The van der Waals surface area contributed by atoms with Crippen LogP contribution in [0.5, 0.6) is 0 Å². The van der Waals surface area contributed by atoms with Crippen LogP contribution in [0.15, 0.2) is 18.2 Å². The quantitative estimate of drug-likeness (QED) is 0.849. The van der Waals surface area contributed by atoms with Gasteiger partial charge in [-0.1, -0.05) is 32.9 Å². The average molecular weight is 232 g/mol. The van der Waals surface area contributed by atoms with Crippen molar-refractivity contribution < 1.29 is 0 Å². The van der Waals surface area contributed by atoms with Crippen molar-refractivity contribution in [2.45, 2.75) is 45.6 Å². The first-order valence-corrected chi connectivity index (χ1v) is 6.61. The Hall–Kier alpha value is -1.02. The molecule has 0 aliphatic carbocycles. The number of rotatable bonds is 2. The Morgan fingerprint density at radius 2 is 1.82 bits per heavy atom. The molecule has 2 rings (SSSR count). The van der Waals surface area contributed by atoms with E-state index >= 15 is 0 Å². The lowest BCUT2D eigenvalue weighted by atomic mass is 9.86. The molecule has 1 aromatic carbocycles. The van der Waals surface area contributed by atoms with Crippen molar-refractivity contribution in [2.75, 3.05) is 18.0 Å². The smallest absolute Gasteiger partial charge is 0.0414 e. The maximum absolute atomic E-state index is 5.85. The summed E-state index contributed by atoms with van der Waals surface area (Å²) >= 11 is 0. The maximum Gasteiger partial charge on any atom is 0.0414 e. The van der Waals surface area contributed by atoms with Gasteiger partial charge in [-0.05, 0) is 35.4 Å². The van der Waals surface area contributed by atoms with Crippen molar-refractivity contribution >= 4 is 5.69 Å². The summed E-state index contributed by atoms with van der Waals surface area (Å²) in [6, 6.07) is 6.77. The summed E-state index contributed by atoms with van der Waals surface area (Å²) in [7, 11) is 0. The van der Waals surface area contributed by atoms with E-state index in [9.17, 15) is 0 Å². The average Bonchev–Trinajstić information content (AvgIpc) is 2.80. The summed E-state index contributed by atoms with van der Waals surface area (Å²) < 4.78 is 0. The third-order valence-corrected chi connectivity index (χ3v) is 3.62. The minimum Gasteiger partial charge on any atom is -0.371 e. The number of hydrogen-bond acceptors (Lipinski definition) is 2. The van der Waals surface area contributed by atoms with E-state index < -0.39 is 0 Å². The fourth-order valence-electron chi connectivity index (χ4n) is 2.46. The van der Waals surface area contributed by atoms with Crippen LogP contribution in [-0.4, -0.2) is 13.1 Å². The molecule has 94 valence electrons. The van der Waals surface area contributed by atoms with Gasteiger partial charge in [-0.2, -0.15) is 0 Å². The molecule has 1 aliphatic rings. The monoisotopic (exact) mass is 232 g/mol. The van der Waals surface area contributed by atoms with E-state index in [1.54, 1.807) is 0 Å². The van der Waals surface area contributed by atoms with Crippen molar-refractivity contribution in [3.05, 3.63) is 29.3 Å². The van der Waals surface area contributed by atoms with E-state index in [-0.39, 0.29) is 5.41 Å². The number of hydrogen-bond donors (Lipinski definition) is 1. The Kier molecular flexibility index (Phi) is 3.43. The topological polar surface area (TPSA) is 29.3 Å². The molecule has 1 saturated heterocycles. The molecule has 1 aliphatic heterocycles. The van der Waals surface area contributed by atoms with Crippen molar-refractivity contribution in [1.82, 2.24) is 0 Å². The predicted molar refractivity (Wildman–Crippen MR) is 74.5 cm³/mol. The van der Waals surface area contributed by atoms with E-state index in [0.717, 1.165) is 0 Å². The van der Waals surface area contributed by atoms with E-state index in [1.165, 1.54) is 42.7 Å².